The number of carbonyl (C=O) groups is 2. The molecule has 0 aliphatic carbocycles. The molecule has 0 aromatic heterocycles. The Kier molecular flexibility index (Phi) is 5.42. The summed E-state index contributed by atoms with van der Waals surface area (Å²) < 4.78 is 11.9. The predicted octanol–water partition coefficient (Wildman–Crippen LogP) is 4.91. The van der Waals surface area contributed by atoms with Gasteiger partial charge < -0.3 is 14.4 Å². The Bertz CT molecular complexity index is 887. The molecule has 1 heterocycles. The van der Waals surface area contributed by atoms with Crippen molar-refractivity contribution in [1.82, 2.24) is 4.90 Å². The standard InChI is InChI=1S/C20H18BrNO4/c1-3-22(4-2)20(24)25-14-9-10-15-17(12-14)26-18(19(15)23)11-13-7-5-6-8-16(13)21/h5-12H,3-4H2,1-2H3/b18-11+. The van der Waals surface area contributed by atoms with Crippen LogP contribution in [-0.4, -0.2) is 29.9 Å². The molecule has 0 fully saturated rings. The highest BCUT2D eigenvalue weighted by atomic mass is 79.9. The molecule has 0 saturated heterocycles. The van der Waals surface area contributed by atoms with Gasteiger partial charge in [0.1, 0.15) is 11.5 Å². The Morgan fingerprint density at radius 2 is 1.92 bits per heavy atom. The maximum atomic E-state index is 12.5. The molecular weight excluding hydrogens is 398 g/mol. The fourth-order valence-electron chi connectivity index (χ4n) is 2.61. The van der Waals surface area contributed by atoms with E-state index < -0.39 is 6.09 Å². The number of ketones is 1. The largest absolute Gasteiger partial charge is 0.452 e. The molecule has 134 valence electrons. The van der Waals surface area contributed by atoms with Gasteiger partial charge in [-0.05, 0) is 43.7 Å². The lowest BCUT2D eigenvalue weighted by Gasteiger charge is -2.17. The van der Waals surface area contributed by atoms with Gasteiger partial charge in [0.05, 0.1) is 5.56 Å². The fraction of sp³-hybridized carbons (Fsp3) is 0.200. The Morgan fingerprint density at radius 3 is 2.62 bits per heavy atom. The van der Waals surface area contributed by atoms with Gasteiger partial charge in [-0.2, -0.15) is 0 Å². The zero-order valence-corrected chi connectivity index (χ0v) is 16.1. The van der Waals surface area contributed by atoms with E-state index in [4.69, 9.17) is 9.47 Å². The average Bonchev–Trinajstić information content (AvgIpc) is 2.93. The molecule has 0 radical (unpaired) electrons. The van der Waals surface area contributed by atoms with Crippen molar-refractivity contribution in [3.8, 4) is 11.5 Å². The topological polar surface area (TPSA) is 55.8 Å². The van der Waals surface area contributed by atoms with Crippen LogP contribution in [0.3, 0.4) is 0 Å². The summed E-state index contributed by atoms with van der Waals surface area (Å²) in [7, 11) is 0. The van der Waals surface area contributed by atoms with Crippen LogP contribution in [0.1, 0.15) is 29.8 Å². The number of nitrogens with zero attached hydrogens (tertiary/aromatic N) is 1. The summed E-state index contributed by atoms with van der Waals surface area (Å²) in [4.78, 5) is 26.2. The van der Waals surface area contributed by atoms with Gasteiger partial charge in [0, 0.05) is 23.6 Å². The summed E-state index contributed by atoms with van der Waals surface area (Å²) in [6.45, 7) is 4.89. The first-order chi connectivity index (χ1) is 12.5. The number of rotatable bonds is 4. The zero-order valence-electron chi connectivity index (χ0n) is 14.5. The van der Waals surface area contributed by atoms with E-state index in [9.17, 15) is 9.59 Å². The van der Waals surface area contributed by atoms with Crippen molar-refractivity contribution in [2.45, 2.75) is 13.8 Å². The predicted molar refractivity (Wildman–Crippen MR) is 102 cm³/mol. The molecule has 26 heavy (non-hydrogen) atoms. The molecule has 5 nitrogen and oxygen atoms in total. The van der Waals surface area contributed by atoms with E-state index in [0.717, 1.165) is 10.0 Å². The number of ether oxygens (including phenoxy) is 2. The number of hydrogen-bond donors (Lipinski definition) is 0. The summed E-state index contributed by atoms with van der Waals surface area (Å²) in [5, 5.41) is 0. The first-order valence-corrected chi connectivity index (χ1v) is 9.12. The minimum Gasteiger partial charge on any atom is -0.452 e. The minimum atomic E-state index is -0.428. The molecule has 0 bridgehead atoms. The molecule has 2 aromatic carbocycles. The highest BCUT2D eigenvalue weighted by Gasteiger charge is 2.28. The molecule has 0 N–H and O–H groups in total. The Labute approximate surface area is 160 Å². The lowest BCUT2D eigenvalue weighted by Crippen LogP contribution is -2.33. The smallest absolute Gasteiger partial charge is 0.415 e. The number of Topliss-reactive ketones (excluding diaryl/α,β-unsaturated/α-hetero) is 1. The molecule has 1 aliphatic rings. The van der Waals surface area contributed by atoms with Crippen LogP contribution in [-0.2, 0) is 0 Å². The highest BCUT2D eigenvalue weighted by molar-refractivity contribution is 9.10. The number of amides is 1. The second-order valence-electron chi connectivity index (χ2n) is 5.66. The quantitative estimate of drug-likeness (QED) is 0.665. The number of benzene rings is 2. The summed E-state index contributed by atoms with van der Waals surface area (Å²) in [6, 6.07) is 12.3. The van der Waals surface area contributed by atoms with Gasteiger partial charge in [-0.1, -0.05) is 34.1 Å². The third-order valence-corrected chi connectivity index (χ3v) is 4.78. The van der Waals surface area contributed by atoms with Crippen molar-refractivity contribution in [1.29, 1.82) is 0 Å². The lowest BCUT2D eigenvalue weighted by atomic mass is 10.1. The first kappa shape index (κ1) is 18.2. The Morgan fingerprint density at radius 1 is 1.19 bits per heavy atom. The molecular formula is C20H18BrNO4. The molecule has 0 atom stereocenters. The van der Waals surface area contributed by atoms with Crippen molar-refractivity contribution in [3.63, 3.8) is 0 Å². The van der Waals surface area contributed by atoms with E-state index in [1.165, 1.54) is 0 Å². The zero-order chi connectivity index (χ0) is 18.7. The third kappa shape index (κ3) is 3.65. The highest BCUT2D eigenvalue weighted by Crippen LogP contribution is 2.35. The number of hydrogen-bond acceptors (Lipinski definition) is 4. The molecule has 1 aliphatic heterocycles. The summed E-state index contributed by atoms with van der Waals surface area (Å²) in [5.74, 6) is 0.769. The van der Waals surface area contributed by atoms with Crippen molar-refractivity contribution in [2.24, 2.45) is 0 Å². The summed E-state index contributed by atoms with van der Waals surface area (Å²) in [5.41, 5.74) is 1.29. The van der Waals surface area contributed by atoms with E-state index in [2.05, 4.69) is 15.9 Å². The third-order valence-electron chi connectivity index (χ3n) is 4.06. The van der Waals surface area contributed by atoms with E-state index in [0.29, 0.717) is 30.2 Å². The summed E-state index contributed by atoms with van der Waals surface area (Å²) >= 11 is 3.45. The van der Waals surface area contributed by atoms with Gasteiger partial charge in [-0.25, -0.2) is 4.79 Å². The maximum absolute atomic E-state index is 12.5. The van der Waals surface area contributed by atoms with Crippen LogP contribution in [0.2, 0.25) is 0 Å². The molecule has 2 aromatic rings. The van der Waals surface area contributed by atoms with Crippen molar-refractivity contribution >= 4 is 33.9 Å². The van der Waals surface area contributed by atoms with Crippen LogP contribution in [0.15, 0.2) is 52.7 Å². The molecule has 1 amide bonds. The number of allylic oxidation sites excluding steroid dienone is 1. The van der Waals surface area contributed by atoms with E-state index in [-0.39, 0.29) is 11.5 Å². The number of carbonyl (C=O) groups excluding carboxylic acids is 2. The summed E-state index contributed by atoms with van der Waals surface area (Å²) in [6.07, 6.45) is 1.26. The fourth-order valence-corrected chi connectivity index (χ4v) is 3.01. The van der Waals surface area contributed by atoms with Crippen LogP contribution in [0.5, 0.6) is 11.5 Å². The number of halogens is 1. The van der Waals surface area contributed by atoms with Gasteiger partial charge in [0.2, 0.25) is 5.78 Å². The SMILES string of the molecule is CCN(CC)C(=O)Oc1ccc2c(c1)O/C(=C/c1ccccc1Br)C2=O. The van der Waals surface area contributed by atoms with Gasteiger partial charge in [-0.3, -0.25) is 4.79 Å². The van der Waals surface area contributed by atoms with Gasteiger partial charge in [-0.15, -0.1) is 0 Å². The van der Waals surface area contributed by atoms with E-state index >= 15 is 0 Å². The van der Waals surface area contributed by atoms with Crippen LogP contribution < -0.4 is 9.47 Å². The number of fused-ring (bicyclic) bond motifs is 1. The second-order valence-corrected chi connectivity index (χ2v) is 6.51. The van der Waals surface area contributed by atoms with Gasteiger partial charge in [0.25, 0.3) is 0 Å². The Hall–Kier alpha value is -2.60. The van der Waals surface area contributed by atoms with Crippen LogP contribution >= 0.6 is 15.9 Å². The molecule has 6 heteroatoms. The minimum absolute atomic E-state index is 0.197. The monoisotopic (exact) mass is 415 g/mol. The van der Waals surface area contributed by atoms with Gasteiger partial charge in [0.15, 0.2) is 5.76 Å². The van der Waals surface area contributed by atoms with Crippen molar-refractivity contribution in [3.05, 3.63) is 63.8 Å². The van der Waals surface area contributed by atoms with E-state index in [1.54, 1.807) is 29.2 Å². The maximum Gasteiger partial charge on any atom is 0.415 e. The normalized spacial score (nSPS) is 14.1. The Balaban J connectivity index is 1.82. The molecule has 0 unspecified atom stereocenters. The lowest BCUT2D eigenvalue weighted by molar-refractivity contribution is 0.101. The van der Waals surface area contributed by atoms with Crippen LogP contribution in [0, 0.1) is 0 Å². The molecule has 0 spiro atoms. The first-order valence-electron chi connectivity index (χ1n) is 8.33. The second kappa shape index (κ2) is 7.74. The van der Waals surface area contributed by atoms with Gasteiger partial charge >= 0.3 is 6.09 Å². The van der Waals surface area contributed by atoms with E-state index in [1.807, 2.05) is 38.1 Å². The molecule has 3 rings (SSSR count). The van der Waals surface area contributed by atoms with Crippen LogP contribution in [0.4, 0.5) is 4.79 Å². The average molecular weight is 416 g/mol. The molecule has 0 saturated carbocycles. The van der Waals surface area contributed by atoms with Crippen molar-refractivity contribution < 1.29 is 19.1 Å². The van der Waals surface area contributed by atoms with Crippen molar-refractivity contribution in [2.75, 3.05) is 13.1 Å². The van der Waals surface area contributed by atoms with Crippen LogP contribution in [0.25, 0.3) is 6.08 Å².